The van der Waals surface area contributed by atoms with Crippen LogP contribution in [0.3, 0.4) is 0 Å². The van der Waals surface area contributed by atoms with Crippen LogP contribution in [-0.2, 0) is 25.0 Å². The number of carbonyl (C=O) groups is 1. The summed E-state index contributed by atoms with van der Waals surface area (Å²) in [6.07, 6.45) is -10.9. The van der Waals surface area contributed by atoms with Crippen LogP contribution in [0, 0.1) is 5.82 Å². The second kappa shape index (κ2) is 9.43. The number of sulfone groups is 1. The highest BCUT2D eigenvalue weighted by Crippen LogP contribution is 2.54. The van der Waals surface area contributed by atoms with Crippen LogP contribution in [0.15, 0.2) is 53.4 Å². The van der Waals surface area contributed by atoms with Gasteiger partial charge in [-0.25, -0.2) is 17.2 Å². The van der Waals surface area contributed by atoms with Gasteiger partial charge in [-0.3, -0.25) is 4.79 Å². The summed E-state index contributed by atoms with van der Waals surface area (Å²) in [5.41, 5.74) is -2.71. The van der Waals surface area contributed by atoms with Gasteiger partial charge in [0.05, 0.1) is 10.4 Å². The van der Waals surface area contributed by atoms with E-state index in [-0.39, 0.29) is 35.6 Å². The third-order valence-electron chi connectivity index (χ3n) is 7.67. The maximum Gasteiger partial charge on any atom is 0.435 e. The number of hydrogen-bond donors (Lipinski definition) is 1. The molecule has 5 nitrogen and oxygen atoms in total. The molecule has 1 saturated heterocycles. The molecule has 1 aliphatic heterocycles. The molecule has 214 valence electrons. The highest BCUT2D eigenvalue weighted by atomic mass is 32.2. The van der Waals surface area contributed by atoms with E-state index in [1.807, 2.05) is 0 Å². The van der Waals surface area contributed by atoms with Crippen LogP contribution < -0.4 is 5.73 Å². The summed E-state index contributed by atoms with van der Waals surface area (Å²) < 4.78 is 133. The Hall–Kier alpha value is -2.74. The smallest absolute Gasteiger partial charge is 0.339 e. The molecule has 2 aromatic rings. The molecule has 1 heterocycles. The number of nitrogens with zero attached hydrogens (tertiary/aromatic N) is 1. The fourth-order valence-electron chi connectivity index (χ4n) is 5.43. The van der Waals surface area contributed by atoms with Crippen molar-refractivity contribution in [1.82, 2.24) is 4.90 Å². The van der Waals surface area contributed by atoms with Crippen molar-refractivity contribution in [2.45, 2.75) is 65.3 Å². The number of hydrogen-bond acceptors (Lipinski definition) is 4. The van der Waals surface area contributed by atoms with Gasteiger partial charge < -0.3 is 10.6 Å². The van der Waals surface area contributed by atoms with Crippen molar-refractivity contribution >= 4 is 15.7 Å². The minimum absolute atomic E-state index is 0.127. The first kappa shape index (κ1) is 29.2. The quantitative estimate of drug-likeness (QED) is 0.383. The molecule has 2 aromatic carbocycles. The van der Waals surface area contributed by atoms with Crippen LogP contribution in [-0.4, -0.2) is 50.2 Å². The monoisotopic (exact) mass is 584 g/mol. The average Bonchev–Trinajstić information content (AvgIpc) is 3.51. The zero-order valence-corrected chi connectivity index (χ0v) is 21.1. The van der Waals surface area contributed by atoms with Gasteiger partial charge in [-0.05, 0) is 49.1 Å². The number of carbonyl (C=O) groups excluding carboxylic acids is 1. The molecule has 2 fully saturated rings. The van der Waals surface area contributed by atoms with Crippen LogP contribution in [0.25, 0.3) is 0 Å². The fourth-order valence-corrected chi connectivity index (χ4v) is 7.51. The van der Waals surface area contributed by atoms with Crippen LogP contribution >= 0.6 is 0 Å². The highest BCUT2D eigenvalue weighted by molar-refractivity contribution is 7.92. The molecule has 1 unspecified atom stereocenters. The summed E-state index contributed by atoms with van der Waals surface area (Å²) in [6, 6.07) is 5.53. The van der Waals surface area contributed by atoms with E-state index >= 15 is 0 Å². The van der Waals surface area contributed by atoms with Crippen molar-refractivity contribution in [3.63, 3.8) is 0 Å². The number of halogens is 8. The molecule has 39 heavy (non-hydrogen) atoms. The summed E-state index contributed by atoms with van der Waals surface area (Å²) in [5.74, 6) is -1.27. The topological polar surface area (TPSA) is 80.5 Å². The highest BCUT2D eigenvalue weighted by Gasteiger charge is 2.73. The molecule has 2 N–H and O–H groups in total. The SMILES string of the molecule is NC1(C(=O)N2CCC(c3ccc(C(F)(C(F)(F)F)C(F)(F)F)cc3)(S(=O)(=O)c3ccc(F)cc3)C2)CCCC1. The predicted octanol–water partition coefficient (Wildman–Crippen LogP) is 5.29. The van der Waals surface area contributed by atoms with Gasteiger partial charge in [0.15, 0.2) is 9.84 Å². The average molecular weight is 585 g/mol. The van der Waals surface area contributed by atoms with Crippen molar-refractivity contribution in [2.24, 2.45) is 5.73 Å². The number of nitrogens with two attached hydrogens (primary N) is 1. The second-order valence-corrected chi connectivity index (χ2v) is 12.3. The first-order valence-electron chi connectivity index (χ1n) is 11.9. The summed E-state index contributed by atoms with van der Waals surface area (Å²) >= 11 is 0. The van der Waals surface area contributed by atoms with Crippen LogP contribution in [0.1, 0.15) is 43.2 Å². The van der Waals surface area contributed by atoms with Gasteiger partial charge in [0.2, 0.25) is 5.91 Å². The molecule has 4 rings (SSSR count). The van der Waals surface area contributed by atoms with Crippen molar-refractivity contribution in [2.75, 3.05) is 13.1 Å². The minimum Gasteiger partial charge on any atom is -0.339 e. The van der Waals surface area contributed by atoms with E-state index in [0.29, 0.717) is 37.8 Å². The zero-order valence-electron chi connectivity index (χ0n) is 20.2. The number of rotatable bonds is 5. The summed E-state index contributed by atoms with van der Waals surface area (Å²) in [4.78, 5) is 14.1. The maximum absolute atomic E-state index is 14.6. The minimum atomic E-state index is -6.35. The Bertz CT molecular complexity index is 1320. The van der Waals surface area contributed by atoms with E-state index in [2.05, 4.69) is 0 Å². The zero-order chi connectivity index (χ0) is 29.1. The Morgan fingerprint density at radius 2 is 1.33 bits per heavy atom. The van der Waals surface area contributed by atoms with Crippen LogP contribution in [0.5, 0.6) is 0 Å². The molecule has 1 saturated carbocycles. The van der Waals surface area contributed by atoms with Gasteiger partial charge in [-0.2, -0.15) is 26.3 Å². The van der Waals surface area contributed by atoms with E-state index in [1.165, 1.54) is 4.90 Å². The van der Waals surface area contributed by atoms with Gasteiger partial charge >= 0.3 is 18.0 Å². The van der Waals surface area contributed by atoms with Crippen molar-refractivity contribution in [3.8, 4) is 0 Å². The molecule has 0 radical (unpaired) electrons. The van der Waals surface area contributed by atoms with Crippen molar-refractivity contribution in [1.29, 1.82) is 0 Å². The first-order valence-corrected chi connectivity index (χ1v) is 13.4. The molecule has 0 bridgehead atoms. The molecule has 0 spiro atoms. The van der Waals surface area contributed by atoms with Gasteiger partial charge in [0.25, 0.3) is 0 Å². The van der Waals surface area contributed by atoms with E-state index in [4.69, 9.17) is 5.73 Å². The Morgan fingerprint density at radius 1 is 0.821 bits per heavy atom. The molecule has 1 aliphatic carbocycles. The van der Waals surface area contributed by atoms with E-state index < -0.39 is 62.0 Å². The van der Waals surface area contributed by atoms with Gasteiger partial charge in [0, 0.05) is 18.7 Å². The van der Waals surface area contributed by atoms with E-state index in [0.717, 1.165) is 24.3 Å². The number of likely N-dealkylation sites (tertiary alicyclic amines) is 1. The summed E-state index contributed by atoms with van der Waals surface area (Å²) in [5, 5.41) is 0. The Morgan fingerprint density at radius 3 is 1.82 bits per heavy atom. The Labute approximate surface area is 218 Å². The van der Waals surface area contributed by atoms with E-state index in [1.54, 1.807) is 0 Å². The third-order valence-corrected chi connectivity index (χ3v) is 10.2. The van der Waals surface area contributed by atoms with Gasteiger partial charge in [0.1, 0.15) is 10.6 Å². The van der Waals surface area contributed by atoms with Crippen LogP contribution in [0.2, 0.25) is 0 Å². The number of amides is 1. The third kappa shape index (κ3) is 4.58. The number of alkyl halides is 7. The summed E-state index contributed by atoms with van der Waals surface area (Å²) in [7, 11) is -4.52. The molecular formula is C25H24F8N2O3S. The Kier molecular flexibility index (Phi) is 7.07. The molecule has 2 aliphatic rings. The fraction of sp³-hybridized carbons (Fsp3) is 0.480. The van der Waals surface area contributed by atoms with Crippen molar-refractivity contribution in [3.05, 3.63) is 65.5 Å². The Balaban J connectivity index is 1.82. The van der Waals surface area contributed by atoms with E-state index in [9.17, 15) is 48.3 Å². The first-order chi connectivity index (χ1) is 17.9. The lowest BCUT2D eigenvalue weighted by Gasteiger charge is -2.33. The second-order valence-electron chi connectivity index (χ2n) is 10.0. The molecule has 1 amide bonds. The van der Waals surface area contributed by atoms with Gasteiger partial charge in [-0.1, -0.05) is 37.1 Å². The van der Waals surface area contributed by atoms with Crippen LogP contribution in [0.4, 0.5) is 35.1 Å². The molecule has 0 aromatic heterocycles. The molecular weight excluding hydrogens is 560 g/mol. The lowest BCUT2D eigenvalue weighted by Crippen LogP contribution is -2.54. The lowest BCUT2D eigenvalue weighted by molar-refractivity contribution is -0.348. The van der Waals surface area contributed by atoms with Crippen molar-refractivity contribution < 1.29 is 48.3 Å². The standard InChI is InChI=1S/C25H24F8N2O3S/c26-18-7-9-19(10-8-18)39(37,38)22(13-14-35(15-22)20(36)21(34)11-1-2-12-21)16-3-5-17(6-4-16)23(27,24(28,29)30)25(31,32)33/h3-10H,1-2,11-15,34H2. The normalized spacial score (nSPS) is 22.3. The molecule has 14 heteroatoms. The predicted molar refractivity (Wildman–Crippen MR) is 123 cm³/mol. The number of benzene rings is 2. The largest absolute Gasteiger partial charge is 0.435 e. The maximum atomic E-state index is 14.6. The molecule has 1 atom stereocenters. The lowest BCUT2D eigenvalue weighted by atomic mass is 9.90. The summed E-state index contributed by atoms with van der Waals surface area (Å²) in [6.45, 7) is -0.638. The van der Waals surface area contributed by atoms with Gasteiger partial charge in [-0.15, -0.1) is 0 Å².